The molecule has 110 valence electrons. The monoisotopic (exact) mass is 291 g/mol. The summed E-state index contributed by atoms with van der Waals surface area (Å²) in [5.41, 5.74) is 0.792. The number of ether oxygens (including phenoxy) is 1. The molecule has 21 heavy (non-hydrogen) atoms. The summed E-state index contributed by atoms with van der Waals surface area (Å²) in [5, 5.41) is 6.92. The molecule has 0 atom stereocenters. The molecule has 2 rings (SSSR count). The molecule has 1 aliphatic heterocycles. The van der Waals surface area contributed by atoms with Gasteiger partial charge in [0.1, 0.15) is 6.54 Å². The molecule has 1 aromatic rings. The van der Waals surface area contributed by atoms with E-state index in [1.807, 2.05) is 0 Å². The van der Waals surface area contributed by atoms with Gasteiger partial charge in [-0.05, 0) is 25.1 Å². The van der Waals surface area contributed by atoms with Crippen molar-refractivity contribution < 1.29 is 23.9 Å². The summed E-state index contributed by atoms with van der Waals surface area (Å²) < 4.78 is 4.66. The van der Waals surface area contributed by atoms with Gasteiger partial charge in [0, 0.05) is 5.69 Å². The van der Waals surface area contributed by atoms with E-state index >= 15 is 0 Å². The van der Waals surface area contributed by atoms with Gasteiger partial charge >= 0.3 is 12.0 Å². The number of fused-ring (bicyclic) bond motifs is 1. The largest absolute Gasteiger partial charge is 0.465 e. The van der Waals surface area contributed by atoms with Crippen molar-refractivity contribution in [3.63, 3.8) is 0 Å². The topological polar surface area (TPSA) is 114 Å². The third-order valence-corrected chi connectivity index (χ3v) is 2.69. The van der Waals surface area contributed by atoms with Gasteiger partial charge in [-0.2, -0.15) is 0 Å². The summed E-state index contributed by atoms with van der Waals surface area (Å²) in [6.45, 7) is 1.63. The molecule has 0 unspecified atom stereocenters. The van der Waals surface area contributed by atoms with Gasteiger partial charge in [0.15, 0.2) is 0 Å². The van der Waals surface area contributed by atoms with Crippen LogP contribution in [0, 0.1) is 0 Å². The fourth-order valence-corrected chi connectivity index (χ4v) is 1.79. The lowest BCUT2D eigenvalue weighted by Crippen LogP contribution is -2.34. The molecule has 1 aromatic carbocycles. The van der Waals surface area contributed by atoms with Crippen molar-refractivity contribution in [1.29, 1.82) is 0 Å². The van der Waals surface area contributed by atoms with Crippen LogP contribution < -0.4 is 16.0 Å². The van der Waals surface area contributed by atoms with Crippen molar-refractivity contribution in [1.82, 2.24) is 10.6 Å². The second kappa shape index (κ2) is 6.04. The van der Waals surface area contributed by atoms with Crippen molar-refractivity contribution in [2.24, 2.45) is 0 Å². The molecule has 0 aromatic heterocycles. The Morgan fingerprint density at radius 2 is 1.90 bits per heavy atom. The Labute approximate surface area is 119 Å². The van der Waals surface area contributed by atoms with E-state index in [9.17, 15) is 19.2 Å². The molecule has 0 saturated carbocycles. The lowest BCUT2D eigenvalue weighted by molar-refractivity contribution is -0.141. The zero-order valence-electron chi connectivity index (χ0n) is 11.2. The number of anilines is 1. The van der Waals surface area contributed by atoms with Crippen LogP contribution >= 0.6 is 0 Å². The molecular formula is C13H13N3O5. The molecule has 8 nitrogen and oxygen atoms in total. The number of amides is 4. The molecular weight excluding hydrogens is 278 g/mol. The average Bonchev–Trinajstić information content (AvgIpc) is 2.72. The predicted molar refractivity (Wildman–Crippen MR) is 71.9 cm³/mol. The van der Waals surface area contributed by atoms with Crippen LogP contribution in [0.5, 0.6) is 0 Å². The van der Waals surface area contributed by atoms with Gasteiger partial charge in [-0.25, -0.2) is 4.79 Å². The van der Waals surface area contributed by atoms with E-state index in [1.165, 1.54) is 18.2 Å². The van der Waals surface area contributed by atoms with Crippen molar-refractivity contribution in [3.05, 3.63) is 29.3 Å². The Morgan fingerprint density at radius 1 is 1.19 bits per heavy atom. The first-order valence-corrected chi connectivity index (χ1v) is 6.21. The summed E-state index contributed by atoms with van der Waals surface area (Å²) in [5.74, 6) is -1.52. The Bertz CT molecular complexity index is 626. The fourth-order valence-electron chi connectivity index (χ4n) is 1.79. The van der Waals surface area contributed by atoms with E-state index in [1.54, 1.807) is 6.92 Å². The maximum Gasteiger partial charge on any atom is 0.325 e. The molecule has 0 fully saturated rings. The molecule has 1 heterocycles. The van der Waals surface area contributed by atoms with E-state index in [4.69, 9.17) is 0 Å². The molecule has 0 bridgehead atoms. The smallest absolute Gasteiger partial charge is 0.325 e. The molecule has 0 saturated heterocycles. The molecule has 3 N–H and O–H groups in total. The van der Waals surface area contributed by atoms with Gasteiger partial charge in [0.2, 0.25) is 0 Å². The van der Waals surface area contributed by atoms with Gasteiger partial charge in [0.05, 0.1) is 17.7 Å². The quantitative estimate of drug-likeness (QED) is 0.543. The maximum atomic E-state index is 11.6. The normalized spacial score (nSPS) is 12.4. The van der Waals surface area contributed by atoms with E-state index in [0.717, 1.165) is 0 Å². The number of rotatable bonds is 4. The van der Waals surface area contributed by atoms with Crippen LogP contribution in [0.25, 0.3) is 0 Å². The zero-order valence-corrected chi connectivity index (χ0v) is 11.2. The lowest BCUT2D eigenvalue weighted by atomic mass is 10.1. The van der Waals surface area contributed by atoms with E-state index in [2.05, 4.69) is 20.7 Å². The first-order valence-electron chi connectivity index (χ1n) is 6.21. The van der Waals surface area contributed by atoms with E-state index in [0.29, 0.717) is 5.69 Å². The Kier molecular flexibility index (Phi) is 4.17. The minimum atomic E-state index is -0.618. The van der Waals surface area contributed by atoms with Crippen LogP contribution in [0.15, 0.2) is 18.2 Å². The first kappa shape index (κ1) is 14.5. The minimum absolute atomic E-state index is 0.197. The van der Waals surface area contributed by atoms with Crippen LogP contribution in [-0.4, -0.2) is 37.0 Å². The van der Waals surface area contributed by atoms with Gasteiger partial charge in [-0.1, -0.05) is 0 Å². The molecule has 0 radical (unpaired) electrons. The second-order valence-electron chi connectivity index (χ2n) is 4.16. The van der Waals surface area contributed by atoms with Gasteiger partial charge < -0.3 is 15.4 Å². The summed E-state index contributed by atoms with van der Waals surface area (Å²) in [6, 6.07) is 3.70. The number of hydrogen-bond donors (Lipinski definition) is 3. The third kappa shape index (κ3) is 3.35. The standard InChI is InChI=1S/C13H13N3O5/c1-2-21-10(17)6-14-13(20)15-7-3-4-8-9(5-7)12(19)16-11(8)18/h3-5H,2,6H2,1H3,(H2,14,15,20)(H,16,18,19). The molecule has 0 aliphatic carbocycles. The number of esters is 1. The highest BCUT2D eigenvalue weighted by Gasteiger charge is 2.26. The van der Waals surface area contributed by atoms with E-state index < -0.39 is 23.8 Å². The highest BCUT2D eigenvalue weighted by Crippen LogP contribution is 2.20. The van der Waals surface area contributed by atoms with Crippen LogP contribution in [0.3, 0.4) is 0 Å². The maximum absolute atomic E-state index is 11.6. The Balaban J connectivity index is 1.96. The fraction of sp³-hybridized carbons (Fsp3) is 0.231. The number of carbonyl (C=O) groups is 4. The average molecular weight is 291 g/mol. The summed E-state index contributed by atoms with van der Waals surface area (Å²) in [6.07, 6.45) is 0. The van der Waals surface area contributed by atoms with Crippen LogP contribution in [0.1, 0.15) is 27.6 Å². The summed E-state index contributed by atoms with van der Waals surface area (Å²) >= 11 is 0. The summed E-state index contributed by atoms with van der Waals surface area (Å²) in [4.78, 5) is 45.5. The van der Waals surface area contributed by atoms with Gasteiger partial charge in [-0.15, -0.1) is 0 Å². The number of benzene rings is 1. The van der Waals surface area contributed by atoms with Crippen molar-refractivity contribution in [2.45, 2.75) is 6.92 Å². The number of urea groups is 1. The zero-order chi connectivity index (χ0) is 15.4. The Morgan fingerprint density at radius 3 is 2.62 bits per heavy atom. The number of nitrogens with one attached hydrogen (secondary N) is 3. The van der Waals surface area contributed by atoms with Crippen molar-refractivity contribution in [2.75, 3.05) is 18.5 Å². The van der Waals surface area contributed by atoms with Gasteiger partial charge in [-0.3, -0.25) is 19.7 Å². The lowest BCUT2D eigenvalue weighted by Gasteiger charge is -2.07. The van der Waals surface area contributed by atoms with Crippen LogP contribution in [0.2, 0.25) is 0 Å². The number of carbonyl (C=O) groups excluding carboxylic acids is 4. The minimum Gasteiger partial charge on any atom is -0.465 e. The summed E-state index contributed by atoms with van der Waals surface area (Å²) in [7, 11) is 0. The van der Waals surface area contributed by atoms with Crippen molar-refractivity contribution in [3.8, 4) is 0 Å². The third-order valence-electron chi connectivity index (χ3n) is 2.69. The van der Waals surface area contributed by atoms with Crippen LogP contribution in [-0.2, 0) is 9.53 Å². The van der Waals surface area contributed by atoms with E-state index in [-0.39, 0.29) is 24.3 Å². The molecule has 1 aliphatic rings. The number of imide groups is 1. The van der Waals surface area contributed by atoms with Crippen LogP contribution in [0.4, 0.5) is 10.5 Å². The first-order chi connectivity index (χ1) is 10.0. The second-order valence-corrected chi connectivity index (χ2v) is 4.16. The molecule has 4 amide bonds. The highest BCUT2D eigenvalue weighted by molar-refractivity contribution is 6.22. The number of hydrogen-bond acceptors (Lipinski definition) is 5. The molecule has 0 spiro atoms. The molecule has 8 heteroatoms. The Hall–Kier alpha value is -2.90. The SMILES string of the molecule is CCOC(=O)CNC(=O)Nc1ccc2c(c1)C(=O)NC2=O. The van der Waals surface area contributed by atoms with Gasteiger partial charge in [0.25, 0.3) is 11.8 Å². The van der Waals surface area contributed by atoms with Crippen molar-refractivity contribution >= 4 is 29.5 Å². The predicted octanol–water partition coefficient (Wildman–Crippen LogP) is 0.255. The highest BCUT2D eigenvalue weighted by atomic mass is 16.5.